The number of nitrogens with two attached hydrogens (primary N) is 1. The maximum Gasteiger partial charge on any atom is 0.225 e. The van der Waals surface area contributed by atoms with Crippen LogP contribution in [-0.2, 0) is 4.79 Å². The van der Waals surface area contributed by atoms with Crippen LogP contribution in [0.25, 0.3) is 0 Å². The Balaban J connectivity index is 2.40. The standard InChI is InChI=1S/C15H25N3O3/c1-11(19)6-8-18(2)9-7-15(20)17-14-5-4-12(21-3)10-13(14)16/h4-5,10-11,19H,6-9,16H2,1-3H3,(H,17,20). The third-order valence-electron chi connectivity index (χ3n) is 3.18. The summed E-state index contributed by atoms with van der Waals surface area (Å²) in [5.41, 5.74) is 6.92. The minimum atomic E-state index is -0.319. The second-order valence-corrected chi connectivity index (χ2v) is 5.19. The normalized spacial score (nSPS) is 12.2. The lowest BCUT2D eigenvalue weighted by Gasteiger charge is -2.17. The number of ether oxygens (including phenoxy) is 1. The number of amides is 1. The molecule has 0 radical (unpaired) electrons. The first-order chi connectivity index (χ1) is 9.92. The number of aliphatic hydroxyl groups is 1. The van der Waals surface area contributed by atoms with Gasteiger partial charge < -0.3 is 25.8 Å². The van der Waals surface area contributed by atoms with Gasteiger partial charge in [-0.3, -0.25) is 4.79 Å². The largest absolute Gasteiger partial charge is 0.497 e. The highest BCUT2D eigenvalue weighted by molar-refractivity contribution is 5.94. The number of nitrogens with one attached hydrogen (secondary N) is 1. The van der Waals surface area contributed by atoms with E-state index in [-0.39, 0.29) is 12.0 Å². The Labute approximate surface area is 125 Å². The van der Waals surface area contributed by atoms with Crippen LogP contribution in [0.2, 0.25) is 0 Å². The van der Waals surface area contributed by atoms with Crippen LogP contribution < -0.4 is 15.8 Å². The molecule has 1 unspecified atom stereocenters. The van der Waals surface area contributed by atoms with Gasteiger partial charge in [-0.1, -0.05) is 0 Å². The molecule has 4 N–H and O–H groups in total. The molecule has 0 saturated carbocycles. The number of aliphatic hydroxyl groups excluding tert-OH is 1. The first-order valence-corrected chi connectivity index (χ1v) is 7.02. The molecule has 0 aromatic heterocycles. The lowest BCUT2D eigenvalue weighted by atomic mass is 10.2. The highest BCUT2D eigenvalue weighted by atomic mass is 16.5. The fourth-order valence-electron chi connectivity index (χ4n) is 1.81. The molecule has 1 amide bonds. The summed E-state index contributed by atoms with van der Waals surface area (Å²) in [5, 5.41) is 12.0. The molecule has 6 heteroatoms. The summed E-state index contributed by atoms with van der Waals surface area (Å²) in [6, 6.07) is 5.15. The topological polar surface area (TPSA) is 87.8 Å². The lowest BCUT2D eigenvalue weighted by Crippen LogP contribution is -2.27. The number of anilines is 2. The Morgan fingerprint density at radius 1 is 1.48 bits per heavy atom. The molecular weight excluding hydrogens is 270 g/mol. The maximum absolute atomic E-state index is 11.9. The fourth-order valence-corrected chi connectivity index (χ4v) is 1.81. The highest BCUT2D eigenvalue weighted by Gasteiger charge is 2.08. The van der Waals surface area contributed by atoms with Crippen molar-refractivity contribution in [3.05, 3.63) is 18.2 Å². The van der Waals surface area contributed by atoms with E-state index >= 15 is 0 Å². The number of carbonyl (C=O) groups is 1. The van der Waals surface area contributed by atoms with Crippen molar-refractivity contribution in [1.82, 2.24) is 4.90 Å². The van der Waals surface area contributed by atoms with E-state index in [0.29, 0.717) is 36.5 Å². The summed E-state index contributed by atoms with van der Waals surface area (Å²) in [4.78, 5) is 13.9. The molecule has 1 rings (SSSR count). The zero-order chi connectivity index (χ0) is 15.8. The highest BCUT2D eigenvalue weighted by Crippen LogP contribution is 2.24. The van der Waals surface area contributed by atoms with Crippen molar-refractivity contribution in [3.63, 3.8) is 0 Å². The SMILES string of the molecule is COc1ccc(NC(=O)CCN(C)CCC(C)O)c(N)c1. The van der Waals surface area contributed by atoms with Crippen LogP contribution in [-0.4, -0.2) is 49.3 Å². The molecule has 0 aliphatic heterocycles. The number of hydrogen-bond donors (Lipinski definition) is 3. The van der Waals surface area contributed by atoms with E-state index in [9.17, 15) is 9.90 Å². The zero-order valence-corrected chi connectivity index (χ0v) is 12.9. The molecule has 0 fully saturated rings. The van der Waals surface area contributed by atoms with E-state index in [0.717, 1.165) is 6.54 Å². The Kier molecular flexibility index (Phi) is 6.98. The molecule has 0 aliphatic carbocycles. The molecule has 0 spiro atoms. The minimum absolute atomic E-state index is 0.0873. The summed E-state index contributed by atoms with van der Waals surface area (Å²) in [7, 11) is 3.49. The van der Waals surface area contributed by atoms with Crippen molar-refractivity contribution >= 4 is 17.3 Å². The Morgan fingerprint density at radius 2 is 2.19 bits per heavy atom. The van der Waals surface area contributed by atoms with Crippen LogP contribution in [0.1, 0.15) is 19.8 Å². The molecule has 1 aromatic rings. The average molecular weight is 295 g/mol. The number of nitrogens with zero attached hydrogens (tertiary/aromatic N) is 1. The third kappa shape index (κ3) is 6.46. The van der Waals surface area contributed by atoms with E-state index in [4.69, 9.17) is 10.5 Å². The fraction of sp³-hybridized carbons (Fsp3) is 0.533. The Morgan fingerprint density at radius 3 is 2.76 bits per heavy atom. The van der Waals surface area contributed by atoms with Gasteiger partial charge in [-0.15, -0.1) is 0 Å². The zero-order valence-electron chi connectivity index (χ0n) is 12.9. The number of rotatable bonds is 8. The van der Waals surface area contributed by atoms with Gasteiger partial charge in [-0.25, -0.2) is 0 Å². The summed E-state index contributed by atoms with van der Waals surface area (Å²) < 4.78 is 5.06. The maximum atomic E-state index is 11.9. The van der Waals surface area contributed by atoms with Crippen LogP contribution in [0.15, 0.2) is 18.2 Å². The number of nitrogen functional groups attached to an aromatic ring is 1. The molecule has 21 heavy (non-hydrogen) atoms. The second-order valence-electron chi connectivity index (χ2n) is 5.19. The molecule has 0 aliphatic rings. The summed E-state index contributed by atoms with van der Waals surface area (Å²) in [5.74, 6) is 0.569. The summed E-state index contributed by atoms with van der Waals surface area (Å²) in [6.45, 7) is 3.15. The molecule has 0 heterocycles. The van der Waals surface area contributed by atoms with Crippen LogP contribution in [0.5, 0.6) is 5.75 Å². The van der Waals surface area contributed by atoms with Crippen LogP contribution in [0, 0.1) is 0 Å². The van der Waals surface area contributed by atoms with Gasteiger partial charge in [0.2, 0.25) is 5.91 Å². The van der Waals surface area contributed by atoms with Gasteiger partial charge >= 0.3 is 0 Å². The Hall–Kier alpha value is -1.79. The van der Waals surface area contributed by atoms with Gasteiger partial charge in [0, 0.05) is 25.6 Å². The van der Waals surface area contributed by atoms with E-state index in [1.165, 1.54) is 0 Å². The van der Waals surface area contributed by atoms with Crippen molar-refractivity contribution in [2.75, 3.05) is 38.3 Å². The van der Waals surface area contributed by atoms with Gasteiger partial charge in [-0.2, -0.15) is 0 Å². The van der Waals surface area contributed by atoms with Gasteiger partial charge in [0.15, 0.2) is 0 Å². The third-order valence-corrected chi connectivity index (χ3v) is 3.18. The number of benzene rings is 1. The van der Waals surface area contributed by atoms with E-state index in [1.807, 2.05) is 11.9 Å². The van der Waals surface area contributed by atoms with Crippen LogP contribution in [0.4, 0.5) is 11.4 Å². The van der Waals surface area contributed by atoms with Crippen LogP contribution in [0.3, 0.4) is 0 Å². The quantitative estimate of drug-likeness (QED) is 0.629. The summed E-state index contributed by atoms with van der Waals surface area (Å²) in [6.07, 6.45) is 0.756. The number of carbonyl (C=O) groups excluding carboxylic acids is 1. The van der Waals surface area contributed by atoms with Gasteiger partial charge in [0.05, 0.1) is 24.6 Å². The molecule has 0 bridgehead atoms. The lowest BCUT2D eigenvalue weighted by molar-refractivity contribution is -0.116. The molecule has 1 atom stereocenters. The molecule has 6 nitrogen and oxygen atoms in total. The number of methoxy groups -OCH3 is 1. The van der Waals surface area contributed by atoms with Crippen molar-refractivity contribution in [3.8, 4) is 5.75 Å². The van der Waals surface area contributed by atoms with Crippen molar-refractivity contribution in [2.24, 2.45) is 0 Å². The second kappa shape index (κ2) is 8.49. The first-order valence-electron chi connectivity index (χ1n) is 7.02. The minimum Gasteiger partial charge on any atom is -0.497 e. The van der Waals surface area contributed by atoms with Crippen LogP contribution >= 0.6 is 0 Å². The molecule has 118 valence electrons. The van der Waals surface area contributed by atoms with Crippen molar-refractivity contribution in [2.45, 2.75) is 25.9 Å². The van der Waals surface area contributed by atoms with Gasteiger partial charge in [0.25, 0.3) is 0 Å². The molecular formula is C15H25N3O3. The predicted octanol–water partition coefficient (Wildman–Crippen LogP) is 1.31. The van der Waals surface area contributed by atoms with Crippen molar-refractivity contribution < 1.29 is 14.6 Å². The first kappa shape index (κ1) is 17.3. The van der Waals surface area contributed by atoms with E-state index in [1.54, 1.807) is 32.2 Å². The van der Waals surface area contributed by atoms with Gasteiger partial charge in [0.1, 0.15) is 5.75 Å². The van der Waals surface area contributed by atoms with E-state index in [2.05, 4.69) is 5.32 Å². The van der Waals surface area contributed by atoms with E-state index < -0.39 is 0 Å². The average Bonchev–Trinajstić information content (AvgIpc) is 2.45. The predicted molar refractivity (Wildman–Crippen MR) is 84.4 cm³/mol. The Bertz CT molecular complexity index is 463. The van der Waals surface area contributed by atoms with Gasteiger partial charge in [-0.05, 0) is 32.5 Å². The smallest absolute Gasteiger partial charge is 0.225 e. The molecule has 1 aromatic carbocycles. The molecule has 0 saturated heterocycles. The number of hydrogen-bond acceptors (Lipinski definition) is 5. The van der Waals surface area contributed by atoms with Crippen molar-refractivity contribution in [1.29, 1.82) is 0 Å². The summed E-state index contributed by atoms with van der Waals surface area (Å²) >= 11 is 0. The monoisotopic (exact) mass is 295 g/mol.